The molecule has 31 heavy (non-hydrogen) atoms. The summed E-state index contributed by atoms with van der Waals surface area (Å²) in [4.78, 5) is 2.49. The SMILES string of the molecule is OC(c1cccc2ccccc12)C1CN(Cc2ccccc2)CC1c1ccc(Br)cc1. The van der Waals surface area contributed by atoms with Gasteiger partial charge in [-0.2, -0.15) is 0 Å². The highest BCUT2D eigenvalue weighted by molar-refractivity contribution is 9.10. The lowest BCUT2D eigenvalue weighted by molar-refractivity contribution is 0.104. The van der Waals surface area contributed by atoms with Crippen LogP contribution in [0.1, 0.15) is 28.7 Å². The highest BCUT2D eigenvalue weighted by Gasteiger charge is 2.39. The summed E-state index contributed by atoms with van der Waals surface area (Å²) < 4.78 is 1.08. The van der Waals surface area contributed by atoms with Crippen LogP contribution < -0.4 is 0 Å². The molecule has 4 aromatic carbocycles. The molecule has 1 saturated heterocycles. The minimum absolute atomic E-state index is 0.135. The van der Waals surface area contributed by atoms with Crippen molar-refractivity contribution in [3.05, 3.63) is 118 Å². The molecule has 0 aliphatic carbocycles. The molecule has 156 valence electrons. The molecule has 1 aliphatic rings. The number of fused-ring (bicyclic) bond motifs is 1. The van der Waals surface area contributed by atoms with Gasteiger partial charge in [-0.25, -0.2) is 0 Å². The molecule has 0 saturated carbocycles. The molecular formula is C28H26BrNO. The van der Waals surface area contributed by atoms with Gasteiger partial charge in [0.2, 0.25) is 0 Å². The Labute approximate surface area is 192 Å². The van der Waals surface area contributed by atoms with Gasteiger partial charge in [0, 0.05) is 35.9 Å². The molecule has 1 heterocycles. The Morgan fingerprint density at radius 1 is 0.806 bits per heavy atom. The van der Waals surface area contributed by atoms with E-state index < -0.39 is 6.10 Å². The van der Waals surface area contributed by atoms with E-state index in [0.717, 1.165) is 35.1 Å². The summed E-state index contributed by atoms with van der Waals surface area (Å²) in [5.41, 5.74) is 3.65. The lowest BCUT2D eigenvalue weighted by Gasteiger charge is -2.26. The molecule has 4 aromatic rings. The van der Waals surface area contributed by atoms with Gasteiger partial charge in [-0.1, -0.05) is 101 Å². The van der Waals surface area contributed by atoms with Crippen LogP contribution >= 0.6 is 15.9 Å². The van der Waals surface area contributed by atoms with Crippen molar-refractivity contribution in [3.8, 4) is 0 Å². The summed E-state index contributed by atoms with van der Waals surface area (Å²) in [7, 11) is 0. The number of aliphatic hydroxyl groups is 1. The quantitative estimate of drug-likeness (QED) is 0.356. The third-order valence-electron chi connectivity index (χ3n) is 6.54. The Kier molecular flexibility index (Phi) is 5.91. The standard InChI is InChI=1S/C28H26BrNO/c29-23-15-13-22(14-16-23)26-18-30(17-20-7-2-1-3-8-20)19-27(26)28(31)25-12-6-10-21-9-4-5-11-24(21)25/h1-16,26-28,31H,17-19H2. The summed E-state index contributed by atoms with van der Waals surface area (Å²) in [5.74, 6) is 0.418. The van der Waals surface area contributed by atoms with Crippen LogP contribution in [0.5, 0.6) is 0 Å². The molecule has 1 aliphatic heterocycles. The van der Waals surface area contributed by atoms with E-state index in [1.54, 1.807) is 0 Å². The fourth-order valence-electron chi connectivity index (χ4n) is 5.01. The molecule has 3 atom stereocenters. The van der Waals surface area contributed by atoms with Crippen LogP contribution in [-0.4, -0.2) is 23.1 Å². The van der Waals surface area contributed by atoms with E-state index in [1.165, 1.54) is 16.5 Å². The molecule has 0 amide bonds. The molecule has 5 rings (SSSR count). The highest BCUT2D eigenvalue weighted by Crippen LogP contribution is 2.42. The fourth-order valence-corrected chi connectivity index (χ4v) is 5.27. The fraction of sp³-hybridized carbons (Fsp3) is 0.214. The van der Waals surface area contributed by atoms with Crippen molar-refractivity contribution in [2.24, 2.45) is 5.92 Å². The monoisotopic (exact) mass is 471 g/mol. The van der Waals surface area contributed by atoms with Gasteiger partial charge in [0.05, 0.1) is 6.10 Å². The van der Waals surface area contributed by atoms with Crippen LogP contribution in [0.3, 0.4) is 0 Å². The van der Waals surface area contributed by atoms with Crippen molar-refractivity contribution in [2.45, 2.75) is 18.6 Å². The predicted octanol–water partition coefficient (Wildman–Crippen LogP) is 6.55. The molecular weight excluding hydrogens is 446 g/mol. The summed E-state index contributed by atoms with van der Waals surface area (Å²) in [6, 6.07) is 33.9. The smallest absolute Gasteiger partial charge is 0.0842 e. The number of aliphatic hydroxyl groups excluding tert-OH is 1. The Morgan fingerprint density at radius 3 is 2.32 bits per heavy atom. The Balaban J connectivity index is 1.49. The zero-order chi connectivity index (χ0) is 21.2. The molecule has 0 bridgehead atoms. The summed E-state index contributed by atoms with van der Waals surface area (Å²) in [6.07, 6.45) is -0.513. The molecule has 0 aromatic heterocycles. The summed E-state index contributed by atoms with van der Waals surface area (Å²) in [6.45, 7) is 2.73. The maximum Gasteiger partial charge on any atom is 0.0842 e. The largest absolute Gasteiger partial charge is 0.388 e. The lowest BCUT2D eigenvalue weighted by Crippen LogP contribution is -2.22. The van der Waals surface area contributed by atoms with Crippen molar-refractivity contribution in [2.75, 3.05) is 13.1 Å². The van der Waals surface area contributed by atoms with Gasteiger partial charge in [-0.3, -0.25) is 4.90 Å². The second-order valence-corrected chi connectivity index (χ2v) is 9.43. The van der Waals surface area contributed by atoms with E-state index in [2.05, 4.69) is 118 Å². The van der Waals surface area contributed by atoms with Crippen molar-refractivity contribution >= 4 is 26.7 Å². The normalized spacial score (nSPS) is 20.2. The van der Waals surface area contributed by atoms with Gasteiger partial charge in [0.25, 0.3) is 0 Å². The Morgan fingerprint density at radius 2 is 1.52 bits per heavy atom. The number of hydrogen-bond acceptors (Lipinski definition) is 2. The molecule has 1 N–H and O–H groups in total. The van der Waals surface area contributed by atoms with Crippen molar-refractivity contribution in [1.29, 1.82) is 0 Å². The first-order chi connectivity index (χ1) is 15.2. The van der Waals surface area contributed by atoms with Crippen LogP contribution in [0.15, 0.2) is 102 Å². The number of rotatable bonds is 5. The van der Waals surface area contributed by atoms with E-state index in [0.29, 0.717) is 0 Å². The van der Waals surface area contributed by atoms with Gasteiger partial charge < -0.3 is 5.11 Å². The van der Waals surface area contributed by atoms with Crippen molar-refractivity contribution in [1.82, 2.24) is 4.90 Å². The first kappa shape index (κ1) is 20.4. The van der Waals surface area contributed by atoms with Gasteiger partial charge >= 0.3 is 0 Å². The van der Waals surface area contributed by atoms with Crippen molar-refractivity contribution < 1.29 is 5.11 Å². The third-order valence-corrected chi connectivity index (χ3v) is 7.06. The topological polar surface area (TPSA) is 23.5 Å². The lowest BCUT2D eigenvalue weighted by atomic mass is 9.82. The second-order valence-electron chi connectivity index (χ2n) is 8.51. The van der Waals surface area contributed by atoms with E-state index >= 15 is 0 Å². The molecule has 1 fully saturated rings. The van der Waals surface area contributed by atoms with E-state index in [-0.39, 0.29) is 11.8 Å². The Hall–Kier alpha value is -2.46. The maximum atomic E-state index is 11.7. The zero-order valence-electron chi connectivity index (χ0n) is 17.4. The predicted molar refractivity (Wildman–Crippen MR) is 131 cm³/mol. The van der Waals surface area contributed by atoms with E-state index in [4.69, 9.17) is 0 Å². The van der Waals surface area contributed by atoms with Crippen LogP contribution in [0.25, 0.3) is 10.8 Å². The van der Waals surface area contributed by atoms with Crippen molar-refractivity contribution in [3.63, 3.8) is 0 Å². The maximum absolute atomic E-state index is 11.7. The third kappa shape index (κ3) is 4.31. The second kappa shape index (κ2) is 8.96. The van der Waals surface area contributed by atoms with Crippen LogP contribution in [0, 0.1) is 5.92 Å². The number of benzene rings is 4. The number of halogens is 1. The average molecular weight is 472 g/mol. The van der Waals surface area contributed by atoms with Gasteiger partial charge in [0.1, 0.15) is 0 Å². The summed E-state index contributed by atoms with van der Waals surface area (Å²) in [5, 5.41) is 14.0. The van der Waals surface area contributed by atoms with Crippen LogP contribution in [-0.2, 0) is 6.54 Å². The first-order valence-electron chi connectivity index (χ1n) is 10.9. The Bertz CT molecular complexity index is 1150. The minimum Gasteiger partial charge on any atom is -0.388 e. The van der Waals surface area contributed by atoms with Crippen LogP contribution in [0.4, 0.5) is 0 Å². The molecule has 3 unspecified atom stereocenters. The van der Waals surface area contributed by atoms with Gasteiger partial charge in [0.15, 0.2) is 0 Å². The molecule has 2 nitrogen and oxygen atoms in total. The summed E-state index contributed by atoms with van der Waals surface area (Å²) >= 11 is 3.56. The number of nitrogens with zero attached hydrogens (tertiary/aromatic N) is 1. The molecule has 3 heteroatoms. The van der Waals surface area contributed by atoms with E-state index in [9.17, 15) is 5.11 Å². The minimum atomic E-state index is -0.513. The van der Waals surface area contributed by atoms with Crippen LogP contribution in [0.2, 0.25) is 0 Å². The molecule has 0 spiro atoms. The molecule has 0 radical (unpaired) electrons. The van der Waals surface area contributed by atoms with Gasteiger partial charge in [-0.05, 0) is 39.6 Å². The average Bonchev–Trinajstić information content (AvgIpc) is 3.23. The zero-order valence-corrected chi connectivity index (χ0v) is 18.9. The number of hydrogen-bond donors (Lipinski definition) is 1. The highest BCUT2D eigenvalue weighted by atomic mass is 79.9. The number of likely N-dealkylation sites (tertiary alicyclic amines) is 1. The van der Waals surface area contributed by atoms with E-state index in [1.807, 2.05) is 0 Å². The first-order valence-corrected chi connectivity index (χ1v) is 11.7. The van der Waals surface area contributed by atoms with Gasteiger partial charge in [-0.15, -0.1) is 0 Å².